The molecule has 3 nitrogen and oxygen atoms in total. The number of benzene rings is 2. The van der Waals surface area contributed by atoms with Crippen molar-refractivity contribution in [3.8, 4) is 0 Å². The van der Waals surface area contributed by atoms with Crippen molar-refractivity contribution in [2.75, 3.05) is 5.32 Å². The van der Waals surface area contributed by atoms with Crippen molar-refractivity contribution in [2.45, 2.75) is 41.2 Å². The maximum absolute atomic E-state index is 4.50. The van der Waals surface area contributed by atoms with E-state index >= 15 is 0 Å². The summed E-state index contributed by atoms with van der Waals surface area (Å²) < 4.78 is 0. The molecule has 120 valence electrons. The van der Waals surface area contributed by atoms with Gasteiger partial charge in [-0.3, -0.25) is 0 Å². The van der Waals surface area contributed by atoms with Gasteiger partial charge in [0.05, 0.1) is 12.3 Å². The molecule has 0 bridgehead atoms. The number of aryl methyl sites for hydroxylation is 3. The predicted octanol–water partition coefficient (Wildman–Crippen LogP) is 4.82. The molecule has 0 atom stereocenters. The maximum atomic E-state index is 4.50. The van der Waals surface area contributed by atoms with Crippen LogP contribution in [0.1, 0.15) is 41.7 Å². The highest BCUT2D eigenvalue weighted by Gasteiger charge is 2.19. The van der Waals surface area contributed by atoms with Crippen LogP contribution in [0.3, 0.4) is 0 Å². The summed E-state index contributed by atoms with van der Waals surface area (Å²) in [6, 6.07) is 10.9. The summed E-state index contributed by atoms with van der Waals surface area (Å²) in [5.74, 6) is 0.402. The summed E-state index contributed by atoms with van der Waals surface area (Å²) in [6.07, 6.45) is 0. The zero-order chi connectivity index (χ0) is 16.6. The highest BCUT2D eigenvalue weighted by Crippen LogP contribution is 2.31. The van der Waals surface area contributed by atoms with Gasteiger partial charge in [-0.05, 0) is 43.9 Å². The van der Waals surface area contributed by atoms with Crippen molar-refractivity contribution >= 4 is 17.1 Å². The van der Waals surface area contributed by atoms with Gasteiger partial charge >= 0.3 is 0 Å². The predicted molar refractivity (Wildman–Crippen MR) is 98.6 cm³/mol. The van der Waals surface area contributed by atoms with Gasteiger partial charge in [-0.25, -0.2) is 0 Å². The van der Waals surface area contributed by atoms with E-state index in [1.54, 1.807) is 0 Å². The molecule has 0 saturated carbocycles. The van der Waals surface area contributed by atoms with Crippen LogP contribution >= 0.6 is 0 Å². The normalized spacial score (nSPS) is 13.4. The molecule has 0 fully saturated rings. The number of hydrazone groups is 1. The number of rotatable bonds is 3. The minimum Gasteiger partial charge on any atom is -0.355 e. The summed E-state index contributed by atoms with van der Waals surface area (Å²) in [5, 5.41) is 8.16. The van der Waals surface area contributed by atoms with Crippen LogP contribution in [-0.4, -0.2) is 5.71 Å². The Hall–Kier alpha value is -2.29. The van der Waals surface area contributed by atoms with Crippen LogP contribution in [0.4, 0.5) is 11.4 Å². The summed E-state index contributed by atoms with van der Waals surface area (Å²) >= 11 is 0. The minimum atomic E-state index is 0.402. The Morgan fingerprint density at radius 1 is 1.09 bits per heavy atom. The molecule has 2 aromatic rings. The smallest absolute Gasteiger partial charge is 0.0704 e. The average molecular weight is 307 g/mol. The molecule has 23 heavy (non-hydrogen) atoms. The van der Waals surface area contributed by atoms with Crippen LogP contribution in [0.15, 0.2) is 35.4 Å². The summed E-state index contributed by atoms with van der Waals surface area (Å²) in [6.45, 7) is 11.6. The zero-order valence-corrected chi connectivity index (χ0v) is 14.6. The Kier molecular flexibility index (Phi) is 4.12. The van der Waals surface area contributed by atoms with Gasteiger partial charge in [0.25, 0.3) is 0 Å². The zero-order valence-electron chi connectivity index (χ0n) is 14.6. The van der Waals surface area contributed by atoms with Crippen LogP contribution in [0, 0.1) is 26.7 Å². The number of fused-ring (bicyclic) bond motifs is 1. The molecule has 0 aliphatic carbocycles. The number of nitrogens with one attached hydrogen (secondary N) is 2. The Bertz CT molecular complexity index is 749. The van der Waals surface area contributed by atoms with Gasteiger partial charge in [-0.1, -0.05) is 43.7 Å². The molecule has 1 aliphatic rings. The number of hydrogen-bond donors (Lipinski definition) is 2. The summed E-state index contributed by atoms with van der Waals surface area (Å²) in [7, 11) is 0. The first-order valence-corrected chi connectivity index (χ1v) is 8.25. The van der Waals surface area contributed by atoms with E-state index in [1.165, 1.54) is 33.5 Å². The second-order valence-corrected chi connectivity index (χ2v) is 6.72. The Morgan fingerprint density at radius 2 is 1.78 bits per heavy atom. The molecule has 0 radical (unpaired) electrons. The fourth-order valence-electron chi connectivity index (χ4n) is 3.35. The SMILES string of the molecule is Cc1cc(C)c(Nc2cccc3c2CNN=C3C(C)C)c(C)c1. The molecular formula is C20H25N3. The third kappa shape index (κ3) is 2.96. The first-order valence-electron chi connectivity index (χ1n) is 8.25. The molecule has 0 saturated heterocycles. The molecule has 1 heterocycles. The van der Waals surface area contributed by atoms with Crippen molar-refractivity contribution in [3.05, 3.63) is 58.1 Å². The number of anilines is 2. The molecule has 0 aromatic heterocycles. The summed E-state index contributed by atoms with van der Waals surface area (Å²) in [5.41, 5.74) is 13.1. The van der Waals surface area contributed by atoms with Gasteiger partial charge in [-0.15, -0.1) is 0 Å². The van der Waals surface area contributed by atoms with E-state index in [0.29, 0.717) is 5.92 Å². The lowest BCUT2D eigenvalue weighted by atomic mass is 9.93. The second kappa shape index (κ2) is 6.07. The van der Waals surface area contributed by atoms with Gasteiger partial charge in [0, 0.05) is 22.5 Å². The number of hydrogen-bond acceptors (Lipinski definition) is 3. The van der Waals surface area contributed by atoms with E-state index in [1.807, 2.05) is 0 Å². The summed E-state index contributed by atoms with van der Waals surface area (Å²) in [4.78, 5) is 0. The monoisotopic (exact) mass is 307 g/mol. The lowest BCUT2D eigenvalue weighted by Gasteiger charge is -2.24. The molecule has 3 rings (SSSR count). The lowest BCUT2D eigenvalue weighted by molar-refractivity contribution is 0.707. The first-order chi connectivity index (χ1) is 11.0. The fraction of sp³-hybridized carbons (Fsp3) is 0.350. The first kappa shape index (κ1) is 15.6. The third-order valence-corrected chi connectivity index (χ3v) is 4.39. The molecule has 3 heteroatoms. The minimum absolute atomic E-state index is 0.402. The second-order valence-electron chi connectivity index (χ2n) is 6.72. The van der Waals surface area contributed by atoms with Gasteiger partial charge in [0.1, 0.15) is 0 Å². The van der Waals surface area contributed by atoms with E-state index < -0.39 is 0 Å². The van der Waals surface area contributed by atoms with Crippen LogP contribution in [0.25, 0.3) is 0 Å². The lowest BCUT2D eigenvalue weighted by Crippen LogP contribution is -2.24. The Labute approximate surface area is 138 Å². The van der Waals surface area contributed by atoms with E-state index in [2.05, 4.69) is 80.8 Å². The molecule has 2 N–H and O–H groups in total. The average Bonchev–Trinajstić information content (AvgIpc) is 2.50. The van der Waals surface area contributed by atoms with Crippen molar-refractivity contribution < 1.29 is 0 Å². The van der Waals surface area contributed by atoms with Crippen molar-refractivity contribution in [2.24, 2.45) is 11.0 Å². The molecular weight excluding hydrogens is 282 g/mol. The van der Waals surface area contributed by atoms with Crippen LogP contribution < -0.4 is 10.7 Å². The maximum Gasteiger partial charge on any atom is 0.0704 e. The number of nitrogens with zero attached hydrogens (tertiary/aromatic N) is 1. The van der Waals surface area contributed by atoms with Gasteiger partial charge in [0.15, 0.2) is 0 Å². The van der Waals surface area contributed by atoms with E-state index in [9.17, 15) is 0 Å². The van der Waals surface area contributed by atoms with Crippen molar-refractivity contribution in [1.82, 2.24) is 5.43 Å². The highest BCUT2D eigenvalue weighted by molar-refractivity contribution is 6.04. The van der Waals surface area contributed by atoms with Crippen LogP contribution in [0.2, 0.25) is 0 Å². The highest BCUT2D eigenvalue weighted by atomic mass is 15.3. The fourth-order valence-corrected chi connectivity index (χ4v) is 3.35. The van der Waals surface area contributed by atoms with Crippen molar-refractivity contribution in [1.29, 1.82) is 0 Å². The quantitative estimate of drug-likeness (QED) is 0.853. The third-order valence-electron chi connectivity index (χ3n) is 4.39. The van der Waals surface area contributed by atoms with Gasteiger partial charge < -0.3 is 10.7 Å². The molecule has 0 unspecified atom stereocenters. The van der Waals surface area contributed by atoms with Crippen molar-refractivity contribution in [3.63, 3.8) is 0 Å². The standard InChI is InChI=1S/C20H25N3/c1-12(2)19-16-7-6-8-18(17(16)11-21-23-19)22-20-14(4)9-13(3)10-15(20)5/h6-10,12,21-22H,11H2,1-5H3. The van der Waals surface area contributed by atoms with E-state index in [-0.39, 0.29) is 0 Å². The van der Waals surface area contributed by atoms with E-state index in [4.69, 9.17) is 0 Å². The Balaban J connectivity index is 2.04. The molecule has 1 aliphatic heterocycles. The van der Waals surface area contributed by atoms with Gasteiger partial charge in [-0.2, -0.15) is 5.10 Å². The van der Waals surface area contributed by atoms with Crippen LogP contribution in [-0.2, 0) is 6.54 Å². The topological polar surface area (TPSA) is 36.4 Å². The molecule has 0 amide bonds. The van der Waals surface area contributed by atoms with Crippen LogP contribution in [0.5, 0.6) is 0 Å². The van der Waals surface area contributed by atoms with E-state index in [0.717, 1.165) is 17.9 Å². The largest absolute Gasteiger partial charge is 0.355 e. The van der Waals surface area contributed by atoms with Gasteiger partial charge in [0.2, 0.25) is 0 Å². The Morgan fingerprint density at radius 3 is 2.43 bits per heavy atom. The molecule has 0 spiro atoms. The molecule has 2 aromatic carbocycles.